The highest BCUT2D eigenvalue weighted by atomic mass is 35.5. The maximum absolute atomic E-state index is 12.9. The van der Waals surface area contributed by atoms with Crippen molar-refractivity contribution in [2.24, 2.45) is 0 Å². The Morgan fingerprint density at radius 1 is 1.22 bits per heavy atom. The molecule has 0 N–H and O–H groups in total. The number of ether oxygens (including phenoxy) is 1. The molecule has 0 aliphatic rings. The molecule has 0 radical (unpaired) electrons. The first-order chi connectivity index (χ1) is 11.0. The summed E-state index contributed by atoms with van der Waals surface area (Å²) in [5.74, 6) is 0. The molecule has 0 unspecified atom stereocenters. The molecule has 0 bridgehead atoms. The van der Waals surface area contributed by atoms with Crippen LogP contribution in [-0.2, 0) is 14.8 Å². The summed E-state index contributed by atoms with van der Waals surface area (Å²) in [4.78, 5) is 4.45. The fourth-order valence-corrected chi connectivity index (χ4v) is 6.20. The number of para-hydroxylation sites is 1. The summed E-state index contributed by atoms with van der Waals surface area (Å²) in [5, 5.41) is 0.424. The Morgan fingerprint density at radius 3 is 2.65 bits per heavy atom. The van der Waals surface area contributed by atoms with Crippen LogP contribution in [0.25, 0.3) is 10.2 Å². The molecule has 1 aromatic carbocycles. The minimum absolute atomic E-state index is 0.189. The van der Waals surface area contributed by atoms with Gasteiger partial charge >= 0.3 is 0 Å². The molecule has 2 aromatic heterocycles. The Hall–Kier alpha value is -1.19. The number of sulfonamides is 1. The summed E-state index contributed by atoms with van der Waals surface area (Å²) >= 11 is 8.25. The van der Waals surface area contributed by atoms with Crippen molar-refractivity contribution in [2.75, 3.05) is 24.6 Å². The molecule has 0 aliphatic heterocycles. The van der Waals surface area contributed by atoms with E-state index >= 15 is 0 Å². The highest BCUT2D eigenvalue weighted by Crippen LogP contribution is 2.34. The third kappa shape index (κ3) is 3.36. The number of aromatic nitrogens is 1. The van der Waals surface area contributed by atoms with Gasteiger partial charge in [-0.3, -0.25) is 0 Å². The predicted octanol–water partition coefficient (Wildman–Crippen LogP) is 3.85. The van der Waals surface area contributed by atoms with Crippen molar-refractivity contribution in [1.29, 1.82) is 0 Å². The van der Waals surface area contributed by atoms with E-state index in [1.807, 2.05) is 24.3 Å². The lowest BCUT2D eigenvalue weighted by Crippen LogP contribution is -2.33. The zero-order valence-corrected chi connectivity index (χ0v) is 15.3. The molecular formula is C14H13ClN2O3S3. The molecule has 23 heavy (non-hydrogen) atoms. The van der Waals surface area contributed by atoms with E-state index in [-0.39, 0.29) is 17.4 Å². The molecule has 0 saturated heterocycles. The van der Waals surface area contributed by atoms with Crippen LogP contribution in [0.4, 0.5) is 5.13 Å². The number of fused-ring (bicyclic) bond motifs is 1. The van der Waals surface area contributed by atoms with Gasteiger partial charge in [-0.05, 0) is 24.3 Å². The van der Waals surface area contributed by atoms with Gasteiger partial charge in [0.2, 0.25) is 5.13 Å². The molecule has 0 saturated carbocycles. The number of halogens is 1. The molecule has 0 aliphatic carbocycles. The van der Waals surface area contributed by atoms with Gasteiger partial charge in [0, 0.05) is 7.11 Å². The Morgan fingerprint density at radius 2 is 2.00 bits per heavy atom. The van der Waals surface area contributed by atoms with Crippen molar-refractivity contribution in [3.05, 3.63) is 40.7 Å². The van der Waals surface area contributed by atoms with Crippen LogP contribution in [0.3, 0.4) is 0 Å². The smallest absolute Gasteiger partial charge is 0.275 e. The SMILES string of the molecule is COCCN(c1nc2ccccc2s1)S(=O)(=O)c1ccc(Cl)s1. The summed E-state index contributed by atoms with van der Waals surface area (Å²) in [6.45, 7) is 0.461. The number of nitrogens with zero attached hydrogens (tertiary/aromatic N) is 2. The van der Waals surface area contributed by atoms with Crippen molar-refractivity contribution in [3.63, 3.8) is 0 Å². The Labute approximate surface area is 147 Å². The summed E-state index contributed by atoms with van der Waals surface area (Å²) in [6.07, 6.45) is 0. The van der Waals surface area contributed by atoms with E-state index in [9.17, 15) is 8.42 Å². The number of benzene rings is 1. The Balaban J connectivity index is 2.06. The van der Waals surface area contributed by atoms with Crippen LogP contribution in [0, 0.1) is 0 Å². The average molecular weight is 389 g/mol. The maximum atomic E-state index is 12.9. The predicted molar refractivity (Wildman–Crippen MR) is 95.4 cm³/mol. The number of thiazole rings is 1. The molecule has 0 fully saturated rings. The zero-order valence-electron chi connectivity index (χ0n) is 12.1. The molecule has 0 spiro atoms. The third-order valence-electron chi connectivity index (χ3n) is 3.09. The first-order valence-electron chi connectivity index (χ1n) is 6.65. The van der Waals surface area contributed by atoms with Crippen LogP contribution in [-0.4, -0.2) is 33.7 Å². The van der Waals surface area contributed by atoms with Gasteiger partial charge < -0.3 is 4.74 Å². The number of hydrogen-bond acceptors (Lipinski definition) is 6. The monoisotopic (exact) mass is 388 g/mol. The second kappa shape index (κ2) is 6.74. The Bertz CT molecular complexity index is 887. The molecule has 3 rings (SSSR count). The first-order valence-corrected chi connectivity index (χ1v) is 10.1. The van der Waals surface area contributed by atoms with Crippen LogP contribution >= 0.6 is 34.3 Å². The molecule has 0 atom stereocenters. The zero-order chi connectivity index (χ0) is 16.4. The van der Waals surface area contributed by atoms with Crippen molar-refractivity contribution in [3.8, 4) is 0 Å². The van der Waals surface area contributed by atoms with E-state index in [2.05, 4.69) is 4.98 Å². The summed E-state index contributed by atoms with van der Waals surface area (Å²) < 4.78 is 33.7. The summed E-state index contributed by atoms with van der Waals surface area (Å²) in [7, 11) is -2.18. The van der Waals surface area contributed by atoms with Crippen molar-refractivity contribution in [2.45, 2.75) is 4.21 Å². The Kier molecular flexibility index (Phi) is 4.88. The van der Waals surface area contributed by atoms with Gasteiger partial charge in [-0.1, -0.05) is 35.1 Å². The van der Waals surface area contributed by atoms with Gasteiger partial charge in [-0.2, -0.15) is 0 Å². The minimum Gasteiger partial charge on any atom is -0.383 e. The number of hydrogen-bond donors (Lipinski definition) is 0. The number of rotatable bonds is 6. The van der Waals surface area contributed by atoms with Crippen molar-refractivity contribution < 1.29 is 13.2 Å². The highest BCUT2D eigenvalue weighted by molar-refractivity contribution is 7.95. The number of anilines is 1. The summed E-state index contributed by atoms with van der Waals surface area (Å²) in [6, 6.07) is 10.6. The quantitative estimate of drug-likeness (QED) is 0.643. The summed E-state index contributed by atoms with van der Waals surface area (Å²) in [5.41, 5.74) is 0.773. The molecular weight excluding hydrogens is 376 g/mol. The second-order valence-corrected chi connectivity index (χ2v) is 9.41. The maximum Gasteiger partial charge on any atom is 0.275 e. The lowest BCUT2D eigenvalue weighted by atomic mass is 10.3. The van der Waals surface area contributed by atoms with Crippen LogP contribution in [0.1, 0.15) is 0 Å². The standard InChI is InChI=1S/C14H13ClN2O3S3/c1-20-9-8-17(23(18,19)13-7-6-12(15)22-13)14-16-10-4-2-3-5-11(10)21-14/h2-7H,8-9H2,1H3. The van der Waals surface area contributed by atoms with E-state index in [0.29, 0.717) is 9.47 Å². The van der Waals surface area contributed by atoms with E-state index in [0.717, 1.165) is 21.6 Å². The number of thiophene rings is 1. The molecule has 2 heterocycles. The van der Waals surface area contributed by atoms with E-state index < -0.39 is 10.0 Å². The third-order valence-corrected chi connectivity index (χ3v) is 7.75. The van der Waals surface area contributed by atoms with Crippen LogP contribution in [0.2, 0.25) is 4.34 Å². The molecule has 122 valence electrons. The highest BCUT2D eigenvalue weighted by Gasteiger charge is 2.28. The van der Waals surface area contributed by atoms with Crippen LogP contribution in [0.15, 0.2) is 40.6 Å². The molecule has 9 heteroatoms. The van der Waals surface area contributed by atoms with Gasteiger partial charge in [0.15, 0.2) is 0 Å². The lowest BCUT2D eigenvalue weighted by molar-refractivity contribution is 0.208. The first kappa shape index (κ1) is 16.7. The largest absolute Gasteiger partial charge is 0.383 e. The van der Waals surface area contributed by atoms with Gasteiger partial charge in [0.25, 0.3) is 10.0 Å². The van der Waals surface area contributed by atoms with E-state index in [1.54, 1.807) is 6.07 Å². The average Bonchev–Trinajstić information content (AvgIpc) is 3.13. The fraction of sp³-hybridized carbons (Fsp3) is 0.214. The lowest BCUT2D eigenvalue weighted by Gasteiger charge is -2.20. The van der Waals surface area contributed by atoms with Crippen molar-refractivity contribution >= 4 is 59.6 Å². The van der Waals surface area contributed by atoms with Crippen molar-refractivity contribution in [1.82, 2.24) is 4.98 Å². The van der Waals surface area contributed by atoms with Crippen LogP contribution < -0.4 is 4.31 Å². The minimum atomic E-state index is -3.72. The van der Waals surface area contributed by atoms with Gasteiger partial charge in [-0.25, -0.2) is 17.7 Å². The van der Waals surface area contributed by atoms with Gasteiger partial charge in [-0.15, -0.1) is 11.3 Å². The molecule has 3 aromatic rings. The van der Waals surface area contributed by atoms with Gasteiger partial charge in [0.1, 0.15) is 4.21 Å². The molecule has 5 nitrogen and oxygen atoms in total. The normalized spacial score (nSPS) is 11.9. The fourth-order valence-electron chi connectivity index (χ4n) is 2.00. The topological polar surface area (TPSA) is 59.5 Å². The second-order valence-electron chi connectivity index (χ2n) is 4.59. The van der Waals surface area contributed by atoms with Gasteiger partial charge in [0.05, 0.1) is 27.7 Å². The number of methoxy groups -OCH3 is 1. The molecule has 0 amide bonds. The van der Waals surface area contributed by atoms with E-state index in [1.165, 1.54) is 28.8 Å². The van der Waals surface area contributed by atoms with Crippen LogP contribution in [0.5, 0.6) is 0 Å². The van der Waals surface area contributed by atoms with E-state index in [4.69, 9.17) is 16.3 Å².